The van der Waals surface area contributed by atoms with Gasteiger partial charge >= 0.3 is 73.0 Å². The second kappa shape index (κ2) is 20.2. The quantitative estimate of drug-likeness (QED) is 0.163. The molecule has 0 heterocycles. The second-order valence-electron chi connectivity index (χ2n) is 7.77. The van der Waals surface area contributed by atoms with Crippen LogP contribution in [0.1, 0.15) is 90.9 Å². The number of unbranched alkanes of at least 4 members (excludes halogenated alkanes) is 10. The first-order chi connectivity index (χ1) is 13.9. The minimum Gasteiger partial charge on any atom is -0.122 e. The summed E-state index contributed by atoms with van der Waals surface area (Å²) in [4.78, 5) is 1.28. The van der Waals surface area contributed by atoms with Crippen LogP contribution in [0.4, 0.5) is 0 Å². The van der Waals surface area contributed by atoms with Crippen LogP contribution in [-0.4, -0.2) is 12.3 Å². The van der Waals surface area contributed by atoms with Crippen LogP contribution in [0.3, 0.4) is 0 Å². The van der Waals surface area contributed by atoms with Gasteiger partial charge in [-0.25, -0.2) is 0 Å². The van der Waals surface area contributed by atoms with Crippen molar-refractivity contribution >= 4 is 8.58 Å². The van der Waals surface area contributed by atoms with Crippen LogP contribution in [0.5, 0.6) is 0 Å². The molecule has 0 spiro atoms. The maximum absolute atomic E-state index is 2.29. The molecule has 0 aromatic heterocycles. The van der Waals surface area contributed by atoms with Crippen LogP contribution in [0.15, 0.2) is 48.6 Å². The van der Waals surface area contributed by atoms with Crippen molar-refractivity contribution in [2.45, 2.75) is 101 Å². The molecule has 0 unspecified atom stereocenters. The van der Waals surface area contributed by atoms with Gasteiger partial charge in [-0.3, -0.25) is 0 Å². The van der Waals surface area contributed by atoms with Crippen LogP contribution in [0.25, 0.3) is 0 Å². The summed E-state index contributed by atoms with van der Waals surface area (Å²) in [6.45, 7) is 4.59. The predicted molar refractivity (Wildman–Crippen MR) is 129 cm³/mol. The van der Waals surface area contributed by atoms with Crippen molar-refractivity contribution in [3.05, 3.63) is 48.6 Å². The van der Waals surface area contributed by atoms with E-state index in [-0.39, 0.29) is 0 Å². The summed E-state index contributed by atoms with van der Waals surface area (Å²) < 4.78 is 0. The van der Waals surface area contributed by atoms with Crippen molar-refractivity contribution in [1.82, 2.24) is 0 Å². The van der Waals surface area contributed by atoms with E-state index in [2.05, 4.69) is 62.5 Å². The molecule has 0 atom stereocenters. The van der Waals surface area contributed by atoms with E-state index in [1.54, 1.807) is 0 Å². The minimum atomic E-state index is 0.642. The van der Waals surface area contributed by atoms with E-state index in [1.165, 1.54) is 113 Å². The first-order valence-electron chi connectivity index (χ1n) is 11.8. The topological polar surface area (TPSA) is 0 Å². The Morgan fingerprint density at radius 2 is 0.893 bits per heavy atom. The third-order valence-electron chi connectivity index (χ3n) is 5.04. The molecule has 2 aliphatic carbocycles. The molecule has 0 nitrogen and oxygen atoms in total. The first-order valence-corrected chi connectivity index (χ1v) is 14.5. The van der Waals surface area contributed by atoms with E-state index < -0.39 is 0 Å². The summed E-state index contributed by atoms with van der Waals surface area (Å²) in [7, 11) is 1.26. The Balaban J connectivity index is 0.000000302. The molecule has 0 amide bonds. The van der Waals surface area contributed by atoms with Crippen molar-refractivity contribution in [2.24, 2.45) is 0 Å². The Bertz CT molecular complexity index is 385. The van der Waals surface area contributed by atoms with Crippen molar-refractivity contribution in [3.8, 4) is 0 Å². The Labute approximate surface area is 184 Å². The zero-order valence-electron chi connectivity index (χ0n) is 18.5. The van der Waals surface area contributed by atoms with E-state index in [0.29, 0.717) is 9.70 Å². The van der Waals surface area contributed by atoms with Gasteiger partial charge in [0, 0.05) is 0 Å². The number of hydrogen-bond acceptors (Lipinski definition) is 0. The fourth-order valence-corrected chi connectivity index (χ4v) is 5.91. The Hall–Kier alpha value is -0.104. The minimum absolute atomic E-state index is 0.642. The van der Waals surface area contributed by atoms with E-state index in [1.807, 2.05) is 0 Å². The molecule has 163 valence electrons. The van der Waals surface area contributed by atoms with Gasteiger partial charge < -0.3 is 0 Å². The molecule has 0 fully saturated rings. The number of hydrogen-bond donors (Lipinski definition) is 0. The molecule has 0 bridgehead atoms. The van der Waals surface area contributed by atoms with Gasteiger partial charge in [0.1, 0.15) is 0 Å². The standard InChI is InChI=1S/C16H35P.2C5H5.Co/c1-3-5-7-9-11-13-15-17-16-14-12-10-8-6-4-2;2*1-2-4-5-3-1;/h17H,3-16H2,1-2H3;2*1-5H;. The third-order valence-corrected chi connectivity index (χ3v) is 8.06. The Morgan fingerprint density at radius 1 is 0.536 bits per heavy atom. The van der Waals surface area contributed by atoms with Crippen molar-refractivity contribution < 1.29 is 14.7 Å². The fourth-order valence-electron chi connectivity index (χ4n) is 3.27. The Morgan fingerprint density at radius 3 is 1.29 bits per heavy atom. The Kier molecular flexibility index (Phi) is 18.7. The van der Waals surface area contributed by atoms with Crippen LogP contribution in [-0.2, 0) is 14.7 Å². The van der Waals surface area contributed by atoms with Gasteiger partial charge in [-0.15, -0.1) is 8.58 Å². The average Bonchev–Trinajstić information content (AvgIpc) is 3.41. The van der Waals surface area contributed by atoms with Gasteiger partial charge in [0.25, 0.3) is 0 Å². The summed E-state index contributed by atoms with van der Waals surface area (Å²) in [5.74, 6) is 0. The fraction of sp³-hybridized carbons (Fsp3) is 0.692. The van der Waals surface area contributed by atoms with Crippen molar-refractivity contribution in [3.63, 3.8) is 0 Å². The average molecular weight is 448 g/mol. The van der Waals surface area contributed by atoms with E-state index in [4.69, 9.17) is 0 Å². The van der Waals surface area contributed by atoms with Gasteiger partial charge in [-0.1, -0.05) is 78.1 Å². The summed E-state index contributed by atoms with van der Waals surface area (Å²) in [6, 6.07) is 0. The summed E-state index contributed by atoms with van der Waals surface area (Å²) in [6.07, 6.45) is 38.0. The maximum Gasteiger partial charge on any atom is -0.0353 e. The molecule has 2 aliphatic rings. The van der Waals surface area contributed by atoms with Crippen molar-refractivity contribution in [2.75, 3.05) is 12.3 Å². The van der Waals surface area contributed by atoms with E-state index >= 15 is 0 Å². The van der Waals surface area contributed by atoms with Crippen LogP contribution < -0.4 is 0 Å². The predicted octanol–water partition coefficient (Wildman–Crippen LogP) is 9.28. The van der Waals surface area contributed by atoms with E-state index in [0.717, 1.165) is 0 Å². The van der Waals surface area contributed by atoms with Gasteiger partial charge in [0.15, 0.2) is 0 Å². The first kappa shape index (κ1) is 25.9. The van der Waals surface area contributed by atoms with Gasteiger partial charge in [0.2, 0.25) is 0 Å². The number of rotatable bonds is 16. The molecule has 0 N–H and O–H groups in total. The second-order valence-corrected chi connectivity index (χ2v) is 11.0. The molecule has 0 aliphatic heterocycles. The molecular formula is C26H45CoP. The maximum atomic E-state index is 2.29. The summed E-state index contributed by atoms with van der Waals surface area (Å²) >= 11 is 1.51. The van der Waals surface area contributed by atoms with Crippen LogP contribution >= 0.6 is 8.58 Å². The normalized spacial score (nSPS) is 15.6. The largest absolute Gasteiger partial charge is 0.122 e. The molecule has 0 saturated carbocycles. The molecule has 0 aromatic rings. The van der Waals surface area contributed by atoms with Gasteiger partial charge in [-0.2, -0.15) is 0 Å². The number of allylic oxidation sites excluding steroid dienone is 8. The molecule has 2 rings (SSSR count). The van der Waals surface area contributed by atoms with Crippen molar-refractivity contribution in [1.29, 1.82) is 0 Å². The summed E-state index contributed by atoms with van der Waals surface area (Å²) in [5.41, 5.74) is 0. The van der Waals surface area contributed by atoms with Gasteiger partial charge in [-0.05, 0) is 25.2 Å². The smallest absolute Gasteiger partial charge is 0.0353 e. The van der Waals surface area contributed by atoms with Crippen LogP contribution in [0.2, 0.25) is 9.70 Å². The van der Waals surface area contributed by atoms with E-state index in [9.17, 15) is 0 Å². The monoisotopic (exact) mass is 447 g/mol. The molecule has 2 heteroatoms. The molecule has 0 radical (unpaired) electrons. The molecule has 0 saturated heterocycles. The molecular weight excluding hydrogens is 402 g/mol. The van der Waals surface area contributed by atoms with Crippen LogP contribution in [0, 0.1) is 0 Å². The zero-order chi connectivity index (χ0) is 20.1. The van der Waals surface area contributed by atoms with Gasteiger partial charge in [0.05, 0.1) is 0 Å². The molecule has 0 aromatic carbocycles. The zero-order valence-corrected chi connectivity index (χ0v) is 20.5. The SMILES string of the molecule is C1=C[CH]([Co][CH]2C=CC=C2)C=C1.CCCCCCCCPCCCCCCCC. The molecule has 28 heavy (non-hydrogen) atoms. The summed E-state index contributed by atoms with van der Waals surface area (Å²) in [5, 5.41) is 0. The third kappa shape index (κ3) is 15.8.